The molecule has 1 aromatic heterocycles. The van der Waals surface area contributed by atoms with Crippen molar-refractivity contribution in [3.05, 3.63) is 87.6 Å². The van der Waals surface area contributed by atoms with Crippen molar-refractivity contribution in [3.8, 4) is 0 Å². The standard InChI is InChI=1S/C26H29N3OS/c30-26(28-14-4-13-27(16-17-28)20-24-6-3-18-31-24)23-10-8-21(9-11-23)19-29-15-12-22-5-1-2-7-25(22)29/h1-3,5-11,18H,4,12-17,19-20H2. The Labute approximate surface area is 188 Å². The number of para-hydroxylation sites is 1. The molecule has 1 saturated heterocycles. The maximum Gasteiger partial charge on any atom is 0.253 e. The second-order valence-corrected chi connectivity index (χ2v) is 9.53. The minimum absolute atomic E-state index is 0.163. The summed E-state index contributed by atoms with van der Waals surface area (Å²) in [6, 6.07) is 21.2. The van der Waals surface area contributed by atoms with E-state index < -0.39 is 0 Å². The van der Waals surface area contributed by atoms with Gasteiger partial charge in [0, 0.05) is 61.9 Å². The van der Waals surface area contributed by atoms with Gasteiger partial charge in [0.2, 0.25) is 0 Å². The zero-order valence-electron chi connectivity index (χ0n) is 17.9. The summed E-state index contributed by atoms with van der Waals surface area (Å²) in [7, 11) is 0. The molecule has 2 aliphatic rings. The van der Waals surface area contributed by atoms with Gasteiger partial charge in [-0.15, -0.1) is 11.3 Å². The van der Waals surface area contributed by atoms with Gasteiger partial charge in [0.15, 0.2) is 0 Å². The summed E-state index contributed by atoms with van der Waals surface area (Å²) >= 11 is 1.81. The highest BCUT2D eigenvalue weighted by molar-refractivity contribution is 7.09. The van der Waals surface area contributed by atoms with Crippen LogP contribution < -0.4 is 4.90 Å². The highest BCUT2D eigenvalue weighted by atomic mass is 32.1. The Morgan fingerprint density at radius 3 is 2.55 bits per heavy atom. The number of anilines is 1. The lowest BCUT2D eigenvalue weighted by Gasteiger charge is -2.22. The second-order valence-electron chi connectivity index (χ2n) is 8.50. The van der Waals surface area contributed by atoms with E-state index in [1.54, 1.807) is 0 Å². The van der Waals surface area contributed by atoms with E-state index in [1.165, 1.54) is 21.7 Å². The fourth-order valence-electron chi connectivity index (χ4n) is 4.68. The lowest BCUT2D eigenvalue weighted by molar-refractivity contribution is 0.0761. The average molecular weight is 432 g/mol. The first kappa shape index (κ1) is 20.3. The normalized spacial score (nSPS) is 16.9. The summed E-state index contributed by atoms with van der Waals surface area (Å²) in [6.45, 7) is 6.59. The van der Waals surface area contributed by atoms with Crippen molar-refractivity contribution in [3.63, 3.8) is 0 Å². The second kappa shape index (κ2) is 9.25. The first-order valence-corrected chi connectivity index (χ1v) is 12.1. The van der Waals surface area contributed by atoms with Gasteiger partial charge in [0.25, 0.3) is 5.91 Å². The molecule has 0 radical (unpaired) electrons. The summed E-state index contributed by atoms with van der Waals surface area (Å²) < 4.78 is 0. The number of rotatable bonds is 5. The monoisotopic (exact) mass is 431 g/mol. The number of carbonyl (C=O) groups excluding carboxylic acids is 1. The molecular weight excluding hydrogens is 402 g/mol. The Balaban J connectivity index is 1.18. The number of hydrogen-bond acceptors (Lipinski definition) is 4. The fourth-order valence-corrected chi connectivity index (χ4v) is 5.43. The predicted octanol–water partition coefficient (Wildman–Crippen LogP) is 4.66. The Bertz CT molecular complexity index is 1020. The SMILES string of the molecule is O=C(c1ccc(CN2CCc3ccccc32)cc1)N1CCCN(Cc2cccs2)CC1. The molecule has 5 heteroatoms. The molecule has 0 bridgehead atoms. The van der Waals surface area contributed by atoms with E-state index in [2.05, 4.69) is 63.7 Å². The van der Waals surface area contributed by atoms with Crippen LogP contribution in [0, 0.1) is 0 Å². The van der Waals surface area contributed by atoms with E-state index in [0.29, 0.717) is 0 Å². The van der Waals surface area contributed by atoms with Crippen molar-refractivity contribution in [2.24, 2.45) is 0 Å². The minimum Gasteiger partial charge on any atom is -0.367 e. The first-order chi connectivity index (χ1) is 15.3. The molecule has 0 spiro atoms. The van der Waals surface area contributed by atoms with Gasteiger partial charge in [-0.05, 0) is 53.6 Å². The Kier molecular flexibility index (Phi) is 6.05. The topological polar surface area (TPSA) is 26.8 Å². The van der Waals surface area contributed by atoms with Crippen molar-refractivity contribution >= 4 is 22.9 Å². The zero-order chi connectivity index (χ0) is 21.0. The van der Waals surface area contributed by atoms with Crippen molar-refractivity contribution < 1.29 is 4.79 Å². The number of fused-ring (bicyclic) bond motifs is 1. The molecule has 2 aromatic carbocycles. The van der Waals surface area contributed by atoms with Gasteiger partial charge < -0.3 is 9.80 Å². The molecule has 5 rings (SSSR count). The van der Waals surface area contributed by atoms with Crippen molar-refractivity contribution in [2.75, 3.05) is 37.6 Å². The molecule has 0 saturated carbocycles. The quantitative estimate of drug-likeness (QED) is 0.588. The molecule has 2 aliphatic heterocycles. The van der Waals surface area contributed by atoms with Gasteiger partial charge in [0.1, 0.15) is 0 Å². The fraction of sp³-hybridized carbons (Fsp3) is 0.346. The summed E-state index contributed by atoms with van der Waals surface area (Å²) in [6.07, 6.45) is 2.15. The van der Waals surface area contributed by atoms with Gasteiger partial charge >= 0.3 is 0 Å². The number of carbonyl (C=O) groups is 1. The van der Waals surface area contributed by atoms with Crippen LogP contribution in [0.5, 0.6) is 0 Å². The first-order valence-electron chi connectivity index (χ1n) is 11.2. The van der Waals surface area contributed by atoms with E-state index in [-0.39, 0.29) is 5.91 Å². The molecule has 3 heterocycles. The van der Waals surface area contributed by atoms with Crippen LogP contribution in [0.25, 0.3) is 0 Å². The zero-order valence-corrected chi connectivity index (χ0v) is 18.7. The molecule has 1 fully saturated rings. The minimum atomic E-state index is 0.163. The molecule has 0 aliphatic carbocycles. The lowest BCUT2D eigenvalue weighted by atomic mass is 10.1. The van der Waals surface area contributed by atoms with Crippen LogP contribution in [0.15, 0.2) is 66.0 Å². The van der Waals surface area contributed by atoms with Gasteiger partial charge in [0.05, 0.1) is 0 Å². The molecule has 1 amide bonds. The van der Waals surface area contributed by atoms with Gasteiger partial charge in [-0.25, -0.2) is 0 Å². The number of amides is 1. The molecule has 160 valence electrons. The molecule has 3 aromatic rings. The summed E-state index contributed by atoms with van der Waals surface area (Å²) in [5.41, 5.74) is 4.84. The van der Waals surface area contributed by atoms with E-state index in [0.717, 1.165) is 64.2 Å². The molecule has 4 nitrogen and oxygen atoms in total. The van der Waals surface area contributed by atoms with Crippen LogP contribution in [0.2, 0.25) is 0 Å². The Morgan fingerprint density at radius 1 is 0.839 bits per heavy atom. The third kappa shape index (κ3) is 4.68. The molecule has 0 unspecified atom stereocenters. The summed E-state index contributed by atoms with van der Waals surface area (Å²) in [4.78, 5) is 21.4. The van der Waals surface area contributed by atoms with E-state index in [1.807, 2.05) is 28.4 Å². The van der Waals surface area contributed by atoms with Crippen LogP contribution in [0.4, 0.5) is 5.69 Å². The smallest absolute Gasteiger partial charge is 0.253 e. The molecule has 0 N–H and O–H groups in total. The van der Waals surface area contributed by atoms with E-state index in [9.17, 15) is 4.79 Å². The molecular formula is C26H29N3OS. The number of hydrogen-bond donors (Lipinski definition) is 0. The Morgan fingerprint density at radius 2 is 1.71 bits per heavy atom. The lowest BCUT2D eigenvalue weighted by Crippen LogP contribution is -2.35. The van der Waals surface area contributed by atoms with Crippen LogP contribution in [-0.4, -0.2) is 48.4 Å². The average Bonchev–Trinajstić information content (AvgIpc) is 3.39. The number of nitrogens with zero attached hydrogens (tertiary/aromatic N) is 3. The summed E-state index contributed by atoms with van der Waals surface area (Å²) in [5.74, 6) is 0.163. The van der Waals surface area contributed by atoms with Crippen LogP contribution in [0.1, 0.15) is 32.8 Å². The van der Waals surface area contributed by atoms with Crippen molar-refractivity contribution in [2.45, 2.75) is 25.9 Å². The molecule has 0 atom stereocenters. The third-order valence-electron chi connectivity index (χ3n) is 6.39. The highest BCUT2D eigenvalue weighted by Gasteiger charge is 2.21. The number of benzene rings is 2. The summed E-state index contributed by atoms with van der Waals surface area (Å²) in [5, 5.41) is 2.13. The molecule has 31 heavy (non-hydrogen) atoms. The maximum atomic E-state index is 13.1. The van der Waals surface area contributed by atoms with E-state index in [4.69, 9.17) is 0 Å². The number of thiophene rings is 1. The Hall–Kier alpha value is -2.63. The van der Waals surface area contributed by atoms with Crippen LogP contribution in [0.3, 0.4) is 0 Å². The van der Waals surface area contributed by atoms with Crippen molar-refractivity contribution in [1.82, 2.24) is 9.80 Å². The predicted molar refractivity (Wildman–Crippen MR) is 128 cm³/mol. The van der Waals surface area contributed by atoms with Crippen LogP contribution in [-0.2, 0) is 19.5 Å². The largest absolute Gasteiger partial charge is 0.367 e. The highest BCUT2D eigenvalue weighted by Crippen LogP contribution is 2.28. The van der Waals surface area contributed by atoms with Gasteiger partial charge in [-0.1, -0.05) is 36.4 Å². The van der Waals surface area contributed by atoms with Gasteiger partial charge in [-0.3, -0.25) is 9.69 Å². The third-order valence-corrected chi connectivity index (χ3v) is 7.25. The van der Waals surface area contributed by atoms with E-state index >= 15 is 0 Å². The van der Waals surface area contributed by atoms with Crippen molar-refractivity contribution in [1.29, 1.82) is 0 Å². The maximum absolute atomic E-state index is 13.1. The van der Waals surface area contributed by atoms with Crippen LogP contribution >= 0.6 is 11.3 Å². The van der Waals surface area contributed by atoms with Gasteiger partial charge in [-0.2, -0.15) is 0 Å².